The van der Waals surface area contributed by atoms with E-state index in [-0.39, 0.29) is 29.1 Å². The number of nitrogens with one attached hydrogen (secondary N) is 4. The number of hydrogen-bond donors (Lipinski definition) is 4. The molecule has 3 aromatic carbocycles. The molecule has 3 fully saturated rings. The lowest BCUT2D eigenvalue weighted by Crippen LogP contribution is -2.43. The molecule has 3 aliphatic heterocycles. The maximum Gasteiger partial charge on any atom is 0.261 e. The molecule has 21 nitrogen and oxygen atoms in total. The first-order chi connectivity index (χ1) is 41.9. The van der Waals surface area contributed by atoms with Crippen LogP contribution in [0.25, 0.3) is 67.2 Å². The van der Waals surface area contributed by atoms with E-state index >= 15 is 0 Å². The zero-order valence-electron chi connectivity index (χ0n) is 48.8. The molecule has 86 heavy (non-hydrogen) atoms. The molecule has 1 atom stereocenters. The average Bonchev–Trinajstić information content (AvgIpc) is 1.96. The largest absolute Gasteiger partial charge is 0.489 e. The fourth-order valence-corrected chi connectivity index (χ4v) is 11.7. The number of pyridine rings is 2. The summed E-state index contributed by atoms with van der Waals surface area (Å²) in [5.74, 6) is 2.30. The highest BCUT2D eigenvalue weighted by atomic mass is 32.1. The van der Waals surface area contributed by atoms with Crippen LogP contribution in [0.4, 0.5) is 33.3 Å². The predicted octanol–water partition coefficient (Wildman–Crippen LogP) is 8.93. The third-order valence-corrected chi connectivity index (χ3v) is 16.2. The molecule has 1 unspecified atom stereocenters. The van der Waals surface area contributed by atoms with E-state index in [2.05, 4.69) is 56.5 Å². The Morgan fingerprint density at radius 1 is 0.744 bits per heavy atom. The summed E-state index contributed by atoms with van der Waals surface area (Å²) in [6.07, 6.45) is 12.9. The predicted molar refractivity (Wildman–Crippen MR) is 335 cm³/mol. The van der Waals surface area contributed by atoms with Gasteiger partial charge < -0.3 is 40.2 Å². The summed E-state index contributed by atoms with van der Waals surface area (Å²) in [7, 11) is 1.89. The van der Waals surface area contributed by atoms with Crippen LogP contribution in [0.5, 0.6) is 5.75 Å². The van der Waals surface area contributed by atoms with Gasteiger partial charge in [-0.1, -0.05) is 23.8 Å². The number of piperidine rings is 1. The quantitative estimate of drug-likeness (QED) is 0.0751. The summed E-state index contributed by atoms with van der Waals surface area (Å²) in [6, 6.07) is 22.5. The van der Waals surface area contributed by atoms with Crippen LogP contribution >= 0.6 is 11.5 Å². The fourth-order valence-electron chi connectivity index (χ4n) is 11.1. The van der Waals surface area contributed by atoms with E-state index in [0.29, 0.717) is 89.3 Å². The summed E-state index contributed by atoms with van der Waals surface area (Å²) in [5, 5.41) is 16.5. The van der Waals surface area contributed by atoms with Crippen LogP contribution in [-0.2, 0) is 18.3 Å². The number of morpholine rings is 1. The molecule has 0 spiro atoms. The molecule has 7 aromatic heterocycles. The Labute approximate surface area is 500 Å². The van der Waals surface area contributed by atoms with Crippen LogP contribution in [0.2, 0.25) is 0 Å². The summed E-state index contributed by atoms with van der Waals surface area (Å²) < 4.78 is 36.2. The van der Waals surface area contributed by atoms with Crippen molar-refractivity contribution in [2.24, 2.45) is 7.05 Å². The Balaban J connectivity index is 0.000000170. The number of fused-ring (bicyclic) bond motifs is 2. The second kappa shape index (κ2) is 25.8. The zero-order chi connectivity index (χ0) is 59.3. The molecular weight excluding hydrogens is 1110 g/mol. The molecule has 3 aliphatic rings. The molecule has 13 rings (SSSR count). The number of piperazine rings is 1. The second-order valence-corrected chi connectivity index (χ2v) is 22.7. The second-order valence-electron chi connectivity index (χ2n) is 22.1. The van der Waals surface area contributed by atoms with Crippen molar-refractivity contribution in [3.8, 4) is 50.9 Å². The van der Waals surface area contributed by atoms with Gasteiger partial charge in [0.2, 0.25) is 11.9 Å². The number of nitrogens with zero attached hydrogens (tertiary/aromatic N) is 13. The third kappa shape index (κ3) is 12.7. The lowest BCUT2D eigenvalue weighted by molar-refractivity contribution is 0.0364. The number of halogens is 1. The number of ether oxygens (including phenoxy) is 2. The van der Waals surface area contributed by atoms with Gasteiger partial charge in [-0.15, -0.1) is 0 Å². The van der Waals surface area contributed by atoms with Crippen molar-refractivity contribution in [3.63, 3.8) is 0 Å². The molecule has 0 bridgehead atoms. The first-order valence-electron chi connectivity index (χ1n) is 29.1. The SMILES string of the molecule is Cc1ccc(-c2cc3cnc(Nc4ccc(N5CCNCC5)c(F)c4)nc3n(C(C)C)c2=O)c(-c2cnsc2)c1.Cc1cnc(-c2nccn2C)nc1-c1cc2cnc(Nc3ccc(OC4CCCNC4)cc3)nc2n(CCN2CCOCC2)c1=O. The van der Waals surface area contributed by atoms with Gasteiger partial charge in [-0.3, -0.25) is 23.6 Å². The molecule has 4 N–H and O–H groups in total. The van der Waals surface area contributed by atoms with E-state index in [1.807, 2.05) is 117 Å². The van der Waals surface area contributed by atoms with E-state index in [9.17, 15) is 14.0 Å². The Bertz CT molecular complexity index is 4160. The monoisotopic (exact) mass is 1180 g/mol. The van der Waals surface area contributed by atoms with Crippen LogP contribution in [0.1, 0.15) is 43.9 Å². The van der Waals surface area contributed by atoms with Gasteiger partial charge in [0.1, 0.15) is 29.0 Å². The van der Waals surface area contributed by atoms with Gasteiger partial charge >= 0.3 is 0 Å². The summed E-state index contributed by atoms with van der Waals surface area (Å²) >= 11 is 1.38. The van der Waals surface area contributed by atoms with E-state index in [0.717, 1.165) is 115 Å². The van der Waals surface area contributed by atoms with Crippen molar-refractivity contribution in [2.75, 3.05) is 87.7 Å². The molecule has 10 aromatic rings. The van der Waals surface area contributed by atoms with Gasteiger partial charge in [-0.25, -0.2) is 33.7 Å². The van der Waals surface area contributed by atoms with E-state index in [1.165, 1.54) is 17.6 Å². The topological polar surface area (TPSA) is 225 Å². The minimum Gasteiger partial charge on any atom is -0.489 e. The number of aromatic nitrogens is 11. The highest BCUT2D eigenvalue weighted by molar-refractivity contribution is 7.03. The Morgan fingerprint density at radius 3 is 2.20 bits per heavy atom. The number of anilines is 5. The van der Waals surface area contributed by atoms with Crippen LogP contribution in [0.15, 0.2) is 125 Å². The minimum absolute atomic E-state index is 0.133. The van der Waals surface area contributed by atoms with Crippen LogP contribution in [-0.4, -0.2) is 136 Å². The summed E-state index contributed by atoms with van der Waals surface area (Å²) in [5.41, 5.74) is 9.02. The molecule has 0 aliphatic carbocycles. The first kappa shape index (κ1) is 57.6. The van der Waals surface area contributed by atoms with Crippen LogP contribution in [0, 0.1) is 19.7 Å². The third-order valence-electron chi connectivity index (χ3n) is 15.6. The van der Waals surface area contributed by atoms with Crippen molar-refractivity contribution in [1.29, 1.82) is 0 Å². The number of imidazole rings is 1. The maximum absolute atomic E-state index is 15.0. The first-order valence-corrected chi connectivity index (χ1v) is 30.0. The van der Waals surface area contributed by atoms with Crippen molar-refractivity contribution < 1.29 is 13.9 Å². The normalized spacial score (nSPS) is 15.7. The molecule has 0 saturated carbocycles. The molecule has 10 heterocycles. The average molecular weight is 1180 g/mol. The fraction of sp³-hybridized carbons (Fsp3) is 0.333. The van der Waals surface area contributed by atoms with Crippen LogP contribution in [0.3, 0.4) is 0 Å². The van der Waals surface area contributed by atoms with E-state index in [4.69, 9.17) is 24.4 Å². The molecule has 0 radical (unpaired) electrons. The van der Waals surface area contributed by atoms with Crippen LogP contribution < -0.4 is 42.0 Å². The molecule has 3 saturated heterocycles. The number of hydrogen-bond acceptors (Lipinski definition) is 19. The van der Waals surface area contributed by atoms with Gasteiger partial charge in [0.15, 0.2) is 11.6 Å². The van der Waals surface area contributed by atoms with Crippen molar-refractivity contribution in [2.45, 2.75) is 59.2 Å². The maximum atomic E-state index is 15.0. The minimum atomic E-state index is -0.300. The van der Waals surface area contributed by atoms with E-state index in [1.54, 1.807) is 40.0 Å². The van der Waals surface area contributed by atoms with Gasteiger partial charge in [0, 0.05) is 148 Å². The smallest absolute Gasteiger partial charge is 0.261 e. The highest BCUT2D eigenvalue weighted by Crippen LogP contribution is 2.35. The number of aryl methyl sites for hydroxylation is 3. The lowest BCUT2D eigenvalue weighted by Gasteiger charge is -2.29. The zero-order valence-corrected chi connectivity index (χ0v) is 49.6. The van der Waals surface area contributed by atoms with Gasteiger partial charge in [0.25, 0.3) is 11.1 Å². The number of rotatable bonds is 15. The molecule has 0 amide bonds. The molecular formula is C63H68FN17O4S. The highest BCUT2D eigenvalue weighted by Gasteiger charge is 2.23. The summed E-state index contributed by atoms with van der Waals surface area (Å²) in [4.78, 5) is 65.0. The lowest BCUT2D eigenvalue weighted by atomic mass is 9.95. The molecule has 442 valence electrons. The van der Waals surface area contributed by atoms with Gasteiger partial charge in [-0.05, 0) is 130 Å². The molecule has 23 heteroatoms. The van der Waals surface area contributed by atoms with E-state index < -0.39 is 0 Å². The number of benzene rings is 3. The Hall–Kier alpha value is -8.87. The van der Waals surface area contributed by atoms with Crippen molar-refractivity contribution >= 4 is 62.6 Å². The Morgan fingerprint density at radius 2 is 1.49 bits per heavy atom. The van der Waals surface area contributed by atoms with Crippen molar-refractivity contribution in [1.82, 2.24) is 68.5 Å². The van der Waals surface area contributed by atoms with Gasteiger partial charge in [0.05, 0.1) is 30.2 Å². The van der Waals surface area contributed by atoms with Gasteiger partial charge in [-0.2, -0.15) is 9.97 Å². The Kier molecular flexibility index (Phi) is 17.2. The standard InChI is InChI=1S/C33H38N10O3.C30H30FN7OS/c1-22-19-36-29(31-35-10-11-41(31)2)39-28(22)27-18-23-20-37-33(38-24-5-7-25(8-6-24)46-26-4-3-9-34-21-26)40-30(23)43(32(27)44)13-12-42-14-16-45-17-15-42;1-18(2)38-28-20(13-25(29(38)39)23-6-4-19(3)12-24(23)21-16-34-40-17-21)15-33-30(36-28)35-22-5-7-27(26(31)14-22)37-10-8-32-9-11-37/h5-8,10-11,18-20,26,34H,3-4,9,12-17,21H2,1-2H3,(H,37,38,40);4-7,12-18,32H,8-11H2,1-3H3,(H,33,35,36). The van der Waals surface area contributed by atoms with Crippen molar-refractivity contribution in [3.05, 3.63) is 153 Å². The summed E-state index contributed by atoms with van der Waals surface area (Å²) in [6.45, 7) is 17.1.